The molecule has 2 saturated heterocycles. The van der Waals surface area contributed by atoms with Crippen molar-refractivity contribution in [2.45, 2.75) is 19.0 Å². The van der Waals surface area contributed by atoms with Crippen molar-refractivity contribution in [2.75, 3.05) is 25.1 Å². The van der Waals surface area contributed by atoms with Crippen molar-refractivity contribution in [3.05, 3.63) is 69.4 Å². The van der Waals surface area contributed by atoms with Gasteiger partial charge in [0, 0.05) is 19.3 Å². The van der Waals surface area contributed by atoms with Crippen molar-refractivity contribution < 1.29 is 23.5 Å². The summed E-state index contributed by atoms with van der Waals surface area (Å²) >= 11 is 6.48. The Bertz CT molecular complexity index is 1500. The lowest BCUT2D eigenvalue weighted by Crippen LogP contribution is -2.57. The number of hydrogen-bond acceptors (Lipinski definition) is 10. The highest BCUT2D eigenvalue weighted by molar-refractivity contribution is 8.26. The van der Waals surface area contributed by atoms with Crippen molar-refractivity contribution in [3.63, 3.8) is 0 Å². The fourth-order valence-corrected chi connectivity index (χ4v) is 5.41. The van der Waals surface area contributed by atoms with Gasteiger partial charge in [0.15, 0.2) is 0 Å². The predicted molar refractivity (Wildman–Crippen MR) is 140 cm³/mol. The Morgan fingerprint density at radius 3 is 2.89 bits per heavy atom. The Hall–Kier alpha value is -3.97. The Balaban J connectivity index is 1.61. The van der Waals surface area contributed by atoms with Crippen molar-refractivity contribution in [3.8, 4) is 0 Å². The first-order chi connectivity index (χ1) is 17.9. The average Bonchev–Trinajstić information content (AvgIpc) is 3.50. The Morgan fingerprint density at radius 2 is 2.14 bits per heavy atom. The van der Waals surface area contributed by atoms with E-state index < -0.39 is 17.6 Å². The number of fused-ring (bicyclic) bond motifs is 1. The normalized spacial score (nSPS) is 19.1. The number of carbonyl (C=O) groups excluding carboxylic acids is 3. The molecule has 0 radical (unpaired) electrons. The first kappa shape index (κ1) is 24.7. The van der Waals surface area contributed by atoms with Gasteiger partial charge in [-0.15, -0.1) is 0 Å². The first-order valence-corrected chi connectivity index (χ1v) is 12.5. The van der Waals surface area contributed by atoms with Crippen molar-refractivity contribution in [2.24, 2.45) is 0 Å². The number of aromatic nitrogens is 2. The van der Waals surface area contributed by atoms with Crippen LogP contribution in [-0.4, -0.2) is 62.6 Å². The molecule has 1 atom stereocenters. The summed E-state index contributed by atoms with van der Waals surface area (Å²) in [4.78, 5) is 59.6. The molecule has 11 nitrogen and oxygen atoms in total. The van der Waals surface area contributed by atoms with E-state index in [-0.39, 0.29) is 47.6 Å². The van der Waals surface area contributed by atoms with Gasteiger partial charge in [-0.25, -0.2) is 4.98 Å². The van der Waals surface area contributed by atoms with Crippen LogP contribution in [-0.2, 0) is 25.7 Å². The summed E-state index contributed by atoms with van der Waals surface area (Å²) in [7, 11) is 1.24. The van der Waals surface area contributed by atoms with E-state index in [1.807, 2.05) is 0 Å². The van der Waals surface area contributed by atoms with Crippen LogP contribution in [0.2, 0.25) is 0 Å². The van der Waals surface area contributed by atoms with Gasteiger partial charge >= 0.3 is 5.97 Å². The SMILES string of the molecule is COC(=O)CC1C(=O)NCCN1c1nc2ccccn2c(=O)c1/C=C1\SC(=S)N(Cc2ccco2)C1=O. The molecule has 2 amide bonds. The van der Waals surface area contributed by atoms with Crippen LogP contribution in [0.3, 0.4) is 0 Å². The van der Waals surface area contributed by atoms with E-state index >= 15 is 0 Å². The standard InChI is InChI=1S/C24H21N5O6S2/c1-34-19(30)12-16-21(31)25-7-9-27(16)20-15(22(32)28-8-3-2-6-18(28)26-20)11-17-23(33)29(24(36)37-17)13-14-5-4-10-35-14/h2-6,8,10-11,16H,7,9,12-13H2,1H3,(H,25,31)/b17-11-. The number of pyridine rings is 1. The van der Waals surface area contributed by atoms with E-state index in [1.54, 1.807) is 41.4 Å². The number of carbonyl (C=O) groups is 3. The van der Waals surface area contributed by atoms with E-state index in [4.69, 9.17) is 21.4 Å². The second-order valence-corrected chi connectivity index (χ2v) is 9.89. The molecule has 5 rings (SSSR count). The molecule has 0 spiro atoms. The maximum atomic E-state index is 13.6. The minimum atomic E-state index is -0.945. The number of anilines is 1. The number of esters is 1. The summed E-state index contributed by atoms with van der Waals surface area (Å²) in [6, 6.07) is 7.60. The summed E-state index contributed by atoms with van der Waals surface area (Å²) in [5.74, 6) is -0.586. The molecule has 2 aliphatic heterocycles. The van der Waals surface area contributed by atoms with E-state index in [2.05, 4.69) is 10.3 Å². The van der Waals surface area contributed by atoms with Gasteiger partial charge in [-0.2, -0.15) is 0 Å². The van der Waals surface area contributed by atoms with Crippen LogP contribution in [0, 0.1) is 0 Å². The predicted octanol–water partition coefficient (Wildman–Crippen LogP) is 1.56. The van der Waals surface area contributed by atoms with Crippen LogP contribution in [0.5, 0.6) is 0 Å². The molecule has 2 aliphatic rings. The van der Waals surface area contributed by atoms with E-state index in [0.717, 1.165) is 11.8 Å². The third-order valence-corrected chi connectivity index (χ3v) is 7.36. The van der Waals surface area contributed by atoms with Gasteiger partial charge in [0.05, 0.1) is 36.8 Å². The summed E-state index contributed by atoms with van der Waals surface area (Å²) in [5.41, 5.74) is 0.0271. The van der Waals surface area contributed by atoms with Crippen molar-refractivity contribution in [1.29, 1.82) is 0 Å². The topological polar surface area (TPSA) is 126 Å². The molecule has 3 aromatic rings. The Labute approximate surface area is 220 Å². The molecule has 0 aromatic carbocycles. The van der Waals surface area contributed by atoms with Crippen LogP contribution in [0.1, 0.15) is 17.7 Å². The number of hydrogen-bond donors (Lipinski definition) is 1. The first-order valence-electron chi connectivity index (χ1n) is 11.3. The van der Waals surface area contributed by atoms with Gasteiger partial charge in [-0.05, 0) is 30.3 Å². The molecule has 0 bridgehead atoms. The highest BCUT2D eigenvalue weighted by atomic mass is 32.2. The quantitative estimate of drug-likeness (QED) is 0.280. The van der Waals surface area contributed by atoms with Crippen LogP contribution in [0.15, 0.2) is 56.9 Å². The molecule has 1 unspecified atom stereocenters. The van der Waals surface area contributed by atoms with Crippen LogP contribution >= 0.6 is 24.0 Å². The summed E-state index contributed by atoms with van der Waals surface area (Å²) < 4.78 is 11.8. The molecule has 37 heavy (non-hydrogen) atoms. The van der Waals surface area contributed by atoms with E-state index in [1.165, 1.54) is 28.7 Å². The molecule has 0 saturated carbocycles. The minimum absolute atomic E-state index is 0.103. The lowest BCUT2D eigenvalue weighted by atomic mass is 10.1. The highest BCUT2D eigenvalue weighted by Crippen LogP contribution is 2.35. The summed E-state index contributed by atoms with van der Waals surface area (Å²) in [6.07, 6.45) is 4.30. The lowest BCUT2D eigenvalue weighted by Gasteiger charge is -2.36. The van der Waals surface area contributed by atoms with Crippen molar-refractivity contribution in [1.82, 2.24) is 19.6 Å². The maximum absolute atomic E-state index is 13.6. The third-order valence-electron chi connectivity index (χ3n) is 5.98. The second kappa shape index (κ2) is 10.2. The molecule has 3 aromatic heterocycles. The van der Waals surface area contributed by atoms with E-state index in [9.17, 15) is 19.2 Å². The molecular weight excluding hydrogens is 518 g/mol. The Kier molecular flexibility index (Phi) is 6.80. The smallest absolute Gasteiger partial charge is 0.308 e. The average molecular weight is 540 g/mol. The molecule has 13 heteroatoms. The van der Waals surface area contributed by atoms with Crippen LogP contribution in [0.4, 0.5) is 5.82 Å². The second-order valence-electron chi connectivity index (χ2n) is 8.21. The number of nitrogens with zero attached hydrogens (tertiary/aromatic N) is 4. The number of piperazine rings is 1. The van der Waals surface area contributed by atoms with E-state index in [0.29, 0.717) is 22.3 Å². The van der Waals surface area contributed by atoms with Crippen LogP contribution in [0.25, 0.3) is 11.7 Å². The van der Waals surface area contributed by atoms with Crippen molar-refractivity contribution >= 4 is 63.6 Å². The van der Waals surface area contributed by atoms with Gasteiger partial charge in [-0.1, -0.05) is 30.0 Å². The fourth-order valence-electron chi connectivity index (χ4n) is 4.17. The lowest BCUT2D eigenvalue weighted by molar-refractivity contribution is -0.143. The largest absolute Gasteiger partial charge is 0.469 e. The molecule has 2 fully saturated rings. The Morgan fingerprint density at radius 1 is 1.30 bits per heavy atom. The summed E-state index contributed by atoms with van der Waals surface area (Å²) in [6.45, 7) is 0.741. The molecular formula is C24H21N5O6S2. The number of amides is 2. The highest BCUT2D eigenvalue weighted by Gasteiger charge is 2.37. The fraction of sp³-hybridized carbons (Fsp3) is 0.250. The number of ether oxygens (including phenoxy) is 1. The number of rotatable bonds is 6. The number of thiocarbonyl (C=S) groups is 1. The van der Waals surface area contributed by atoms with Gasteiger partial charge in [0.2, 0.25) is 5.91 Å². The van der Waals surface area contributed by atoms with Gasteiger partial charge < -0.3 is 19.4 Å². The minimum Gasteiger partial charge on any atom is -0.469 e. The van der Waals surface area contributed by atoms with Crippen LogP contribution < -0.4 is 15.8 Å². The third kappa shape index (κ3) is 4.74. The monoisotopic (exact) mass is 539 g/mol. The number of furan rings is 1. The zero-order valence-electron chi connectivity index (χ0n) is 19.6. The zero-order valence-corrected chi connectivity index (χ0v) is 21.2. The molecule has 0 aliphatic carbocycles. The number of nitrogens with one attached hydrogen (secondary N) is 1. The number of methoxy groups -OCH3 is 1. The summed E-state index contributed by atoms with van der Waals surface area (Å²) in [5, 5.41) is 2.74. The van der Waals surface area contributed by atoms with Gasteiger partial charge in [0.25, 0.3) is 11.5 Å². The van der Waals surface area contributed by atoms with Gasteiger partial charge in [0.1, 0.15) is 27.6 Å². The molecule has 1 N–H and O–H groups in total. The molecule has 5 heterocycles. The maximum Gasteiger partial charge on any atom is 0.308 e. The molecule has 190 valence electrons. The van der Waals surface area contributed by atoms with Gasteiger partial charge in [-0.3, -0.25) is 28.5 Å². The number of thioether (sulfide) groups is 1. The zero-order chi connectivity index (χ0) is 26.1.